The Morgan fingerprint density at radius 1 is 1.37 bits per heavy atom. The fourth-order valence-corrected chi connectivity index (χ4v) is 2.10. The molecule has 19 heavy (non-hydrogen) atoms. The number of ether oxygens (including phenoxy) is 1. The first-order valence-corrected chi connectivity index (χ1v) is 6.29. The second-order valence-corrected chi connectivity index (χ2v) is 4.10. The first kappa shape index (κ1) is 13.3. The third kappa shape index (κ3) is 2.84. The van der Waals surface area contributed by atoms with Crippen molar-refractivity contribution in [3.05, 3.63) is 41.9 Å². The fourth-order valence-electron chi connectivity index (χ4n) is 2.10. The van der Waals surface area contributed by atoms with Crippen molar-refractivity contribution in [2.75, 3.05) is 6.61 Å². The van der Waals surface area contributed by atoms with E-state index in [0.717, 1.165) is 23.1 Å². The molecule has 0 bridgehead atoms. The quantitative estimate of drug-likeness (QED) is 0.624. The first-order valence-electron chi connectivity index (χ1n) is 6.29. The molecule has 1 aromatic carbocycles. The topological polar surface area (TPSA) is 31.2 Å². The Kier molecular flexibility index (Phi) is 4.00. The molecule has 0 aliphatic carbocycles. The van der Waals surface area contributed by atoms with Gasteiger partial charge in [-0.05, 0) is 44.2 Å². The van der Waals surface area contributed by atoms with Gasteiger partial charge in [-0.1, -0.05) is 0 Å². The molecule has 2 aromatic rings. The molecule has 0 aliphatic heterocycles. The summed E-state index contributed by atoms with van der Waals surface area (Å²) < 4.78 is 20.0. The van der Waals surface area contributed by atoms with E-state index in [-0.39, 0.29) is 11.8 Å². The van der Waals surface area contributed by atoms with Gasteiger partial charge in [0.05, 0.1) is 6.61 Å². The van der Waals surface area contributed by atoms with E-state index in [0.29, 0.717) is 6.61 Å². The summed E-state index contributed by atoms with van der Waals surface area (Å²) >= 11 is 0. The molecule has 1 aromatic heterocycles. The molecule has 0 fully saturated rings. The van der Waals surface area contributed by atoms with Crippen LogP contribution in [0.25, 0.3) is 17.0 Å². The predicted octanol–water partition coefficient (Wildman–Crippen LogP) is 3.38. The molecule has 0 aliphatic rings. The Morgan fingerprint density at radius 2 is 2.16 bits per heavy atom. The number of hydrogen-bond acceptors (Lipinski definition) is 2. The summed E-state index contributed by atoms with van der Waals surface area (Å²) in [6, 6.07) is 6.53. The number of esters is 1. The van der Waals surface area contributed by atoms with Gasteiger partial charge in [-0.3, -0.25) is 0 Å². The summed E-state index contributed by atoms with van der Waals surface area (Å²) in [5.74, 6) is -0.636. The van der Waals surface area contributed by atoms with E-state index in [1.165, 1.54) is 18.2 Å². The molecule has 0 amide bonds. The Bertz CT molecular complexity index is 628. The highest BCUT2D eigenvalue weighted by atomic mass is 19.1. The van der Waals surface area contributed by atoms with Crippen molar-refractivity contribution in [2.24, 2.45) is 0 Å². The van der Waals surface area contributed by atoms with Crippen LogP contribution in [0, 0.1) is 5.82 Å². The highest BCUT2D eigenvalue weighted by Gasteiger charge is 2.06. The Morgan fingerprint density at radius 3 is 2.84 bits per heavy atom. The van der Waals surface area contributed by atoms with Crippen LogP contribution < -0.4 is 0 Å². The van der Waals surface area contributed by atoms with Gasteiger partial charge in [-0.2, -0.15) is 0 Å². The maximum atomic E-state index is 13.2. The van der Waals surface area contributed by atoms with Crippen LogP contribution >= 0.6 is 0 Å². The number of carbonyl (C=O) groups is 1. The molecule has 3 nitrogen and oxygen atoms in total. The van der Waals surface area contributed by atoms with Crippen LogP contribution in [0.2, 0.25) is 0 Å². The van der Waals surface area contributed by atoms with Gasteiger partial charge in [0.25, 0.3) is 0 Å². The van der Waals surface area contributed by atoms with Crippen LogP contribution in [-0.2, 0) is 16.1 Å². The SMILES string of the molecule is CCOC(=O)/C=C/c1cc2cc(F)ccc2n1CC. The van der Waals surface area contributed by atoms with Crippen LogP contribution in [0.1, 0.15) is 19.5 Å². The summed E-state index contributed by atoms with van der Waals surface area (Å²) in [5, 5.41) is 0.824. The number of nitrogens with zero attached hydrogens (tertiary/aromatic N) is 1. The molecule has 100 valence electrons. The average Bonchev–Trinajstić information content (AvgIpc) is 2.73. The van der Waals surface area contributed by atoms with Gasteiger partial charge in [0, 0.05) is 29.2 Å². The summed E-state index contributed by atoms with van der Waals surface area (Å²) in [6.45, 7) is 4.87. The lowest BCUT2D eigenvalue weighted by molar-refractivity contribution is -0.137. The monoisotopic (exact) mass is 261 g/mol. The third-order valence-corrected chi connectivity index (χ3v) is 2.89. The van der Waals surface area contributed by atoms with E-state index in [4.69, 9.17) is 4.74 Å². The van der Waals surface area contributed by atoms with Crippen LogP contribution in [0.5, 0.6) is 0 Å². The van der Waals surface area contributed by atoms with E-state index in [9.17, 15) is 9.18 Å². The van der Waals surface area contributed by atoms with Gasteiger partial charge in [0.15, 0.2) is 0 Å². The van der Waals surface area contributed by atoms with Gasteiger partial charge < -0.3 is 9.30 Å². The normalized spacial score (nSPS) is 11.3. The molecule has 0 N–H and O–H groups in total. The molecule has 0 unspecified atom stereocenters. The molecule has 0 atom stereocenters. The molecular weight excluding hydrogens is 245 g/mol. The van der Waals surface area contributed by atoms with Crippen LogP contribution in [0.4, 0.5) is 4.39 Å². The number of aromatic nitrogens is 1. The lowest BCUT2D eigenvalue weighted by Crippen LogP contribution is -2.00. The van der Waals surface area contributed by atoms with Crippen molar-refractivity contribution in [3.8, 4) is 0 Å². The largest absolute Gasteiger partial charge is 0.463 e. The zero-order valence-corrected chi connectivity index (χ0v) is 11.0. The second-order valence-electron chi connectivity index (χ2n) is 4.10. The number of rotatable bonds is 4. The molecule has 0 spiro atoms. The van der Waals surface area contributed by atoms with Gasteiger partial charge >= 0.3 is 5.97 Å². The minimum Gasteiger partial charge on any atom is -0.463 e. The summed E-state index contributed by atoms with van der Waals surface area (Å²) in [4.78, 5) is 11.3. The van der Waals surface area contributed by atoms with Crippen molar-refractivity contribution in [1.29, 1.82) is 0 Å². The Balaban J connectivity index is 2.40. The van der Waals surface area contributed by atoms with Crippen molar-refractivity contribution < 1.29 is 13.9 Å². The highest BCUT2D eigenvalue weighted by molar-refractivity contribution is 5.89. The van der Waals surface area contributed by atoms with Gasteiger partial charge in [-0.25, -0.2) is 9.18 Å². The van der Waals surface area contributed by atoms with Gasteiger partial charge in [-0.15, -0.1) is 0 Å². The summed E-state index contributed by atoms with van der Waals surface area (Å²) in [7, 11) is 0. The van der Waals surface area contributed by atoms with Crippen LogP contribution in [0.3, 0.4) is 0 Å². The minimum atomic E-state index is -0.374. The van der Waals surface area contributed by atoms with E-state index in [1.54, 1.807) is 19.1 Å². The zero-order chi connectivity index (χ0) is 13.8. The maximum Gasteiger partial charge on any atom is 0.330 e. The molecule has 1 heterocycles. The highest BCUT2D eigenvalue weighted by Crippen LogP contribution is 2.22. The number of hydrogen-bond donors (Lipinski definition) is 0. The lowest BCUT2D eigenvalue weighted by atomic mass is 10.2. The Hall–Kier alpha value is -2.10. The molecule has 0 saturated carbocycles. The summed E-state index contributed by atoms with van der Waals surface area (Å²) in [5.41, 5.74) is 1.81. The fraction of sp³-hybridized carbons (Fsp3) is 0.267. The number of fused-ring (bicyclic) bond motifs is 1. The molecule has 0 radical (unpaired) electrons. The predicted molar refractivity (Wildman–Crippen MR) is 73.2 cm³/mol. The van der Waals surface area contributed by atoms with E-state index in [2.05, 4.69) is 0 Å². The lowest BCUT2D eigenvalue weighted by Gasteiger charge is -2.04. The Labute approximate surface area is 111 Å². The molecule has 4 heteroatoms. The number of carbonyl (C=O) groups excluding carboxylic acids is 1. The van der Waals surface area contributed by atoms with Crippen LogP contribution in [0.15, 0.2) is 30.3 Å². The van der Waals surface area contributed by atoms with Crippen LogP contribution in [-0.4, -0.2) is 17.1 Å². The first-order chi connectivity index (χ1) is 9.15. The van der Waals surface area contributed by atoms with Gasteiger partial charge in [0.2, 0.25) is 0 Å². The van der Waals surface area contributed by atoms with Crippen molar-refractivity contribution >= 4 is 22.9 Å². The zero-order valence-electron chi connectivity index (χ0n) is 11.0. The third-order valence-electron chi connectivity index (χ3n) is 2.89. The average molecular weight is 261 g/mol. The van der Waals surface area contributed by atoms with Crippen molar-refractivity contribution in [2.45, 2.75) is 20.4 Å². The molecule has 2 rings (SSSR count). The molecular formula is C15H16FNO2. The number of aryl methyl sites for hydroxylation is 1. The number of halogens is 1. The number of benzene rings is 1. The standard InChI is InChI=1S/C15H16FNO2/c1-3-17-13(6-8-15(18)19-4-2)10-11-9-12(16)5-7-14(11)17/h5-10H,3-4H2,1-2H3/b8-6+. The van der Waals surface area contributed by atoms with E-state index < -0.39 is 0 Å². The van der Waals surface area contributed by atoms with E-state index in [1.807, 2.05) is 17.6 Å². The maximum absolute atomic E-state index is 13.2. The van der Waals surface area contributed by atoms with E-state index >= 15 is 0 Å². The van der Waals surface area contributed by atoms with Crippen molar-refractivity contribution in [3.63, 3.8) is 0 Å². The van der Waals surface area contributed by atoms with Crippen molar-refractivity contribution in [1.82, 2.24) is 4.57 Å². The molecule has 0 saturated heterocycles. The minimum absolute atomic E-state index is 0.262. The van der Waals surface area contributed by atoms with Gasteiger partial charge in [0.1, 0.15) is 5.82 Å². The summed E-state index contributed by atoms with van der Waals surface area (Å²) in [6.07, 6.45) is 3.08. The smallest absolute Gasteiger partial charge is 0.330 e. The second kappa shape index (κ2) is 5.69.